The van der Waals surface area contributed by atoms with Crippen molar-refractivity contribution in [1.82, 2.24) is 0 Å². The Balaban J connectivity index is 2.11. The Morgan fingerprint density at radius 1 is 1.53 bits per heavy atom. The Morgan fingerprint density at radius 3 is 2.82 bits per heavy atom. The summed E-state index contributed by atoms with van der Waals surface area (Å²) >= 11 is 0. The van der Waals surface area contributed by atoms with Crippen molar-refractivity contribution in [3.63, 3.8) is 0 Å². The molecule has 1 fully saturated rings. The fourth-order valence-corrected chi connectivity index (χ4v) is 2.12. The average molecular weight is 232 g/mol. The molecule has 1 aliphatic carbocycles. The molecule has 3 nitrogen and oxygen atoms in total. The maximum atomic E-state index is 12.2. The maximum absolute atomic E-state index is 12.2. The van der Waals surface area contributed by atoms with Crippen LogP contribution < -0.4 is 10.6 Å². The summed E-state index contributed by atoms with van der Waals surface area (Å²) in [5.41, 5.74) is 7.60. The molecule has 1 unspecified atom stereocenters. The highest BCUT2D eigenvalue weighted by atomic mass is 16.2. The van der Waals surface area contributed by atoms with Gasteiger partial charge in [-0.05, 0) is 36.5 Å². The third-order valence-electron chi connectivity index (χ3n) is 3.58. The van der Waals surface area contributed by atoms with E-state index in [-0.39, 0.29) is 11.8 Å². The minimum atomic E-state index is 0.140. The molecule has 1 saturated carbocycles. The van der Waals surface area contributed by atoms with Gasteiger partial charge in [0.15, 0.2) is 0 Å². The van der Waals surface area contributed by atoms with Gasteiger partial charge in [-0.2, -0.15) is 0 Å². The molecule has 17 heavy (non-hydrogen) atoms. The van der Waals surface area contributed by atoms with Gasteiger partial charge in [0.1, 0.15) is 0 Å². The van der Waals surface area contributed by atoms with Crippen molar-refractivity contribution >= 4 is 11.6 Å². The van der Waals surface area contributed by atoms with Crippen LogP contribution in [0.4, 0.5) is 5.69 Å². The third kappa shape index (κ3) is 2.67. The summed E-state index contributed by atoms with van der Waals surface area (Å²) in [6, 6.07) is 7.86. The quantitative estimate of drug-likeness (QED) is 0.864. The molecule has 1 aromatic carbocycles. The second kappa shape index (κ2) is 4.88. The van der Waals surface area contributed by atoms with Crippen LogP contribution in [0.5, 0.6) is 0 Å². The predicted molar refractivity (Wildman–Crippen MR) is 69.6 cm³/mol. The van der Waals surface area contributed by atoms with Crippen LogP contribution in [-0.2, 0) is 11.3 Å². The Labute approximate surface area is 103 Å². The first-order valence-electron chi connectivity index (χ1n) is 6.20. The first-order valence-corrected chi connectivity index (χ1v) is 6.20. The standard InChI is InChI=1S/C14H20N2O/c1-10(12-6-7-12)14(17)16(2)13-5-3-4-11(8-13)9-15/h3-5,8,10,12H,6-7,9,15H2,1-2H3. The number of anilines is 1. The molecular formula is C14H20N2O. The number of hydrogen-bond acceptors (Lipinski definition) is 2. The van der Waals surface area contributed by atoms with Gasteiger partial charge in [0.25, 0.3) is 0 Å². The lowest BCUT2D eigenvalue weighted by molar-refractivity contribution is -0.122. The van der Waals surface area contributed by atoms with E-state index < -0.39 is 0 Å². The highest BCUT2D eigenvalue weighted by Gasteiger charge is 2.34. The summed E-state index contributed by atoms with van der Waals surface area (Å²) in [5.74, 6) is 0.950. The van der Waals surface area contributed by atoms with Crippen molar-refractivity contribution in [3.05, 3.63) is 29.8 Å². The van der Waals surface area contributed by atoms with Gasteiger partial charge < -0.3 is 10.6 Å². The minimum Gasteiger partial charge on any atom is -0.326 e. The molecule has 1 aromatic rings. The van der Waals surface area contributed by atoms with E-state index in [0.29, 0.717) is 12.5 Å². The van der Waals surface area contributed by atoms with E-state index in [2.05, 4.69) is 0 Å². The van der Waals surface area contributed by atoms with E-state index in [1.807, 2.05) is 38.2 Å². The Bertz CT molecular complexity index is 412. The average Bonchev–Trinajstić information content (AvgIpc) is 3.20. The summed E-state index contributed by atoms with van der Waals surface area (Å²) in [7, 11) is 1.84. The van der Waals surface area contributed by atoms with Crippen molar-refractivity contribution in [2.75, 3.05) is 11.9 Å². The summed E-state index contributed by atoms with van der Waals surface area (Å²) < 4.78 is 0. The maximum Gasteiger partial charge on any atom is 0.229 e. The molecule has 1 amide bonds. The van der Waals surface area contributed by atoms with Crippen molar-refractivity contribution in [2.24, 2.45) is 17.6 Å². The molecule has 0 bridgehead atoms. The minimum absolute atomic E-state index is 0.140. The van der Waals surface area contributed by atoms with Gasteiger partial charge in [-0.1, -0.05) is 19.1 Å². The predicted octanol–water partition coefficient (Wildman–Crippen LogP) is 2.15. The molecule has 0 aromatic heterocycles. The van der Waals surface area contributed by atoms with Crippen molar-refractivity contribution in [3.8, 4) is 0 Å². The van der Waals surface area contributed by atoms with Gasteiger partial charge in [0.05, 0.1) is 0 Å². The highest BCUT2D eigenvalue weighted by Crippen LogP contribution is 2.37. The molecule has 2 N–H and O–H groups in total. The van der Waals surface area contributed by atoms with E-state index in [1.165, 1.54) is 12.8 Å². The second-order valence-electron chi connectivity index (χ2n) is 4.90. The first-order chi connectivity index (χ1) is 8.13. The number of amides is 1. The van der Waals surface area contributed by atoms with E-state index in [0.717, 1.165) is 11.3 Å². The van der Waals surface area contributed by atoms with Crippen LogP contribution in [0.15, 0.2) is 24.3 Å². The largest absolute Gasteiger partial charge is 0.326 e. The van der Waals surface area contributed by atoms with Crippen molar-refractivity contribution < 1.29 is 4.79 Å². The first kappa shape index (κ1) is 12.1. The summed E-state index contributed by atoms with van der Waals surface area (Å²) in [4.78, 5) is 14.0. The van der Waals surface area contributed by atoms with Crippen molar-refractivity contribution in [1.29, 1.82) is 0 Å². The molecule has 0 saturated heterocycles. The van der Waals surface area contributed by atoms with Crippen LogP contribution in [0, 0.1) is 11.8 Å². The fraction of sp³-hybridized carbons (Fsp3) is 0.500. The van der Waals surface area contributed by atoms with Crippen LogP contribution in [0.3, 0.4) is 0 Å². The smallest absolute Gasteiger partial charge is 0.229 e. The molecule has 1 atom stereocenters. The fourth-order valence-electron chi connectivity index (χ4n) is 2.12. The van der Waals surface area contributed by atoms with E-state index in [4.69, 9.17) is 5.73 Å². The molecular weight excluding hydrogens is 212 g/mol. The zero-order chi connectivity index (χ0) is 12.4. The van der Waals surface area contributed by atoms with E-state index in [1.54, 1.807) is 4.90 Å². The van der Waals surface area contributed by atoms with Gasteiger partial charge in [0.2, 0.25) is 5.91 Å². The molecule has 92 valence electrons. The Hall–Kier alpha value is -1.35. The number of hydrogen-bond donors (Lipinski definition) is 1. The van der Waals surface area contributed by atoms with Crippen LogP contribution in [0.2, 0.25) is 0 Å². The number of nitrogens with two attached hydrogens (primary N) is 1. The molecule has 0 heterocycles. The van der Waals surface area contributed by atoms with Gasteiger partial charge in [-0.3, -0.25) is 4.79 Å². The van der Waals surface area contributed by atoms with Gasteiger partial charge in [-0.15, -0.1) is 0 Å². The molecule has 3 heteroatoms. The topological polar surface area (TPSA) is 46.3 Å². The second-order valence-corrected chi connectivity index (χ2v) is 4.90. The SMILES string of the molecule is CC(C(=O)N(C)c1cccc(CN)c1)C1CC1. The highest BCUT2D eigenvalue weighted by molar-refractivity contribution is 5.94. The number of rotatable bonds is 4. The van der Waals surface area contributed by atoms with Crippen LogP contribution in [-0.4, -0.2) is 13.0 Å². The summed E-state index contributed by atoms with van der Waals surface area (Å²) in [6.45, 7) is 2.54. The van der Waals surface area contributed by atoms with E-state index in [9.17, 15) is 4.79 Å². The Kier molecular flexibility index (Phi) is 3.48. The number of carbonyl (C=O) groups is 1. The lowest BCUT2D eigenvalue weighted by Crippen LogP contribution is -2.32. The lowest BCUT2D eigenvalue weighted by Gasteiger charge is -2.21. The molecule has 0 spiro atoms. The van der Waals surface area contributed by atoms with Gasteiger partial charge >= 0.3 is 0 Å². The molecule has 1 aliphatic rings. The zero-order valence-corrected chi connectivity index (χ0v) is 10.5. The monoisotopic (exact) mass is 232 g/mol. The van der Waals surface area contributed by atoms with E-state index >= 15 is 0 Å². The van der Waals surface area contributed by atoms with Crippen molar-refractivity contribution in [2.45, 2.75) is 26.3 Å². The lowest BCUT2D eigenvalue weighted by atomic mass is 10.0. The van der Waals surface area contributed by atoms with Crippen LogP contribution in [0.25, 0.3) is 0 Å². The molecule has 0 radical (unpaired) electrons. The molecule has 0 aliphatic heterocycles. The zero-order valence-electron chi connectivity index (χ0n) is 10.5. The van der Waals surface area contributed by atoms with Crippen LogP contribution in [0.1, 0.15) is 25.3 Å². The van der Waals surface area contributed by atoms with Crippen LogP contribution >= 0.6 is 0 Å². The summed E-state index contributed by atoms with van der Waals surface area (Å²) in [6.07, 6.45) is 2.40. The third-order valence-corrected chi connectivity index (χ3v) is 3.58. The summed E-state index contributed by atoms with van der Waals surface area (Å²) in [5, 5.41) is 0. The normalized spacial score (nSPS) is 16.6. The number of nitrogens with zero attached hydrogens (tertiary/aromatic N) is 1. The van der Waals surface area contributed by atoms with Gasteiger partial charge in [-0.25, -0.2) is 0 Å². The number of benzene rings is 1. The number of carbonyl (C=O) groups excluding carboxylic acids is 1. The molecule has 2 rings (SSSR count). The van der Waals surface area contributed by atoms with Gasteiger partial charge in [0, 0.05) is 25.2 Å². The Morgan fingerprint density at radius 2 is 2.24 bits per heavy atom.